The first kappa shape index (κ1) is 19.1. The van der Waals surface area contributed by atoms with Crippen molar-refractivity contribution in [2.24, 2.45) is 0 Å². The number of para-hydroxylation sites is 1. The number of benzene rings is 2. The third-order valence-electron chi connectivity index (χ3n) is 4.96. The molecule has 0 amide bonds. The predicted octanol–water partition coefficient (Wildman–Crippen LogP) is 3.26. The smallest absolute Gasteiger partial charge is 0.311 e. The molecule has 0 saturated carbocycles. The van der Waals surface area contributed by atoms with E-state index < -0.39 is 4.92 Å². The van der Waals surface area contributed by atoms with Gasteiger partial charge in [-0.3, -0.25) is 19.8 Å². The van der Waals surface area contributed by atoms with Gasteiger partial charge < -0.3 is 10.1 Å². The molecule has 1 aromatic heterocycles. The monoisotopic (exact) mass is 412 g/mol. The summed E-state index contributed by atoms with van der Waals surface area (Å²) < 4.78 is 0. The van der Waals surface area contributed by atoms with Gasteiger partial charge in [-0.15, -0.1) is 0 Å². The summed E-state index contributed by atoms with van der Waals surface area (Å²) in [4.78, 5) is 32.4. The van der Waals surface area contributed by atoms with Crippen molar-refractivity contribution in [3.63, 3.8) is 0 Å². The summed E-state index contributed by atoms with van der Waals surface area (Å²) in [5.74, 6) is 0.134. The first-order valence-corrected chi connectivity index (χ1v) is 9.36. The average Bonchev–Trinajstić information content (AvgIpc) is 2.69. The minimum atomic E-state index is -0.607. The standard InChI is InChI=1S/C20H17ClN4O4/c21-14-6-4-12(5-7-14)19-22-16-11-24(9-8-15(16)20(27)23-19)10-13-2-1-3-17(18(13)26)25(28)29/h1-7,26H,8-11H2,(H,22,23,27). The number of aromatic hydroxyl groups is 1. The predicted molar refractivity (Wildman–Crippen MR) is 108 cm³/mol. The van der Waals surface area contributed by atoms with Crippen LogP contribution < -0.4 is 5.56 Å². The van der Waals surface area contributed by atoms with Gasteiger partial charge in [-0.25, -0.2) is 4.98 Å². The molecule has 0 saturated heterocycles. The molecular formula is C20H17ClN4O4. The highest BCUT2D eigenvalue weighted by Gasteiger charge is 2.24. The number of nitro groups is 1. The minimum absolute atomic E-state index is 0.169. The van der Waals surface area contributed by atoms with E-state index in [1.165, 1.54) is 6.07 Å². The zero-order valence-corrected chi connectivity index (χ0v) is 16.0. The van der Waals surface area contributed by atoms with Gasteiger partial charge in [0.05, 0.1) is 10.6 Å². The van der Waals surface area contributed by atoms with Crippen LogP contribution in [0.4, 0.5) is 5.69 Å². The lowest BCUT2D eigenvalue weighted by Gasteiger charge is -2.27. The highest BCUT2D eigenvalue weighted by molar-refractivity contribution is 6.30. The van der Waals surface area contributed by atoms with Gasteiger partial charge in [0.15, 0.2) is 5.75 Å². The maximum absolute atomic E-state index is 12.5. The molecule has 2 heterocycles. The number of phenols is 1. The third kappa shape index (κ3) is 3.85. The van der Waals surface area contributed by atoms with E-state index in [0.29, 0.717) is 53.7 Å². The van der Waals surface area contributed by atoms with Crippen LogP contribution in [0.2, 0.25) is 5.02 Å². The molecule has 9 heteroatoms. The fourth-order valence-corrected chi connectivity index (χ4v) is 3.59. The van der Waals surface area contributed by atoms with Crippen molar-refractivity contribution in [2.75, 3.05) is 6.54 Å². The Balaban J connectivity index is 1.61. The summed E-state index contributed by atoms with van der Waals surface area (Å²) in [6.07, 6.45) is 0.508. The van der Waals surface area contributed by atoms with Gasteiger partial charge >= 0.3 is 5.69 Å². The number of nitrogens with zero attached hydrogens (tertiary/aromatic N) is 3. The molecule has 0 aliphatic carbocycles. The lowest BCUT2D eigenvalue weighted by atomic mass is 10.0. The normalized spacial score (nSPS) is 13.8. The Morgan fingerprint density at radius 3 is 2.72 bits per heavy atom. The molecule has 4 rings (SSSR count). The molecule has 1 aliphatic heterocycles. The van der Waals surface area contributed by atoms with Crippen LogP contribution in [-0.4, -0.2) is 31.4 Å². The van der Waals surface area contributed by atoms with Gasteiger partial charge in [0, 0.05) is 47.4 Å². The Morgan fingerprint density at radius 1 is 1.24 bits per heavy atom. The van der Waals surface area contributed by atoms with Crippen molar-refractivity contribution in [1.82, 2.24) is 14.9 Å². The molecule has 148 valence electrons. The molecule has 8 nitrogen and oxygen atoms in total. The van der Waals surface area contributed by atoms with Crippen LogP contribution in [0, 0.1) is 10.1 Å². The minimum Gasteiger partial charge on any atom is -0.502 e. The van der Waals surface area contributed by atoms with Crippen LogP contribution in [0.15, 0.2) is 47.3 Å². The molecule has 2 N–H and O–H groups in total. The Labute approximate surface area is 170 Å². The first-order valence-electron chi connectivity index (χ1n) is 8.98. The van der Waals surface area contributed by atoms with Crippen LogP contribution in [0.25, 0.3) is 11.4 Å². The van der Waals surface area contributed by atoms with E-state index in [1.54, 1.807) is 36.4 Å². The summed E-state index contributed by atoms with van der Waals surface area (Å²) in [5, 5.41) is 21.8. The number of aromatic amines is 1. The fourth-order valence-electron chi connectivity index (χ4n) is 3.47. The summed E-state index contributed by atoms with van der Waals surface area (Å²) in [6, 6.07) is 11.5. The Morgan fingerprint density at radius 2 is 2.00 bits per heavy atom. The molecule has 29 heavy (non-hydrogen) atoms. The number of fused-ring (bicyclic) bond motifs is 1. The average molecular weight is 413 g/mol. The largest absolute Gasteiger partial charge is 0.502 e. The number of phenolic OH excluding ortho intramolecular Hbond substituents is 1. The van der Waals surface area contributed by atoms with E-state index >= 15 is 0 Å². The second-order valence-corrected chi connectivity index (χ2v) is 7.29. The van der Waals surface area contributed by atoms with Gasteiger partial charge in [-0.2, -0.15) is 0 Å². The number of hydrogen-bond acceptors (Lipinski definition) is 6. The van der Waals surface area contributed by atoms with Crippen LogP contribution in [0.1, 0.15) is 16.8 Å². The van der Waals surface area contributed by atoms with E-state index in [0.717, 1.165) is 5.56 Å². The van der Waals surface area contributed by atoms with E-state index in [9.17, 15) is 20.0 Å². The van der Waals surface area contributed by atoms with Gasteiger partial charge in [0.25, 0.3) is 5.56 Å². The summed E-state index contributed by atoms with van der Waals surface area (Å²) in [7, 11) is 0. The van der Waals surface area contributed by atoms with Crippen LogP contribution >= 0.6 is 11.6 Å². The highest BCUT2D eigenvalue weighted by Crippen LogP contribution is 2.31. The van der Waals surface area contributed by atoms with E-state index in [2.05, 4.69) is 9.97 Å². The molecule has 0 fully saturated rings. The lowest BCUT2D eigenvalue weighted by molar-refractivity contribution is -0.385. The maximum Gasteiger partial charge on any atom is 0.311 e. The van der Waals surface area contributed by atoms with Crippen molar-refractivity contribution >= 4 is 17.3 Å². The molecule has 2 aromatic carbocycles. The van der Waals surface area contributed by atoms with E-state index in [-0.39, 0.29) is 17.0 Å². The van der Waals surface area contributed by atoms with Gasteiger partial charge in [-0.1, -0.05) is 23.7 Å². The zero-order chi connectivity index (χ0) is 20.5. The van der Waals surface area contributed by atoms with Crippen molar-refractivity contribution in [1.29, 1.82) is 0 Å². The van der Waals surface area contributed by atoms with Gasteiger partial charge in [0.2, 0.25) is 0 Å². The lowest BCUT2D eigenvalue weighted by Crippen LogP contribution is -2.35. The van der Waals surface area contributed by atoms with Gasteiger partial charge in [-0.05, 0) is 30.7 Å². The SMILES string of the molecule is O=c1[nH]c(-c2ccc(Cl)cc2)nc2c1CCN(Cc1cccc([N+](=O)[O-])c1O)C2. The van der Waals surface area contributed by atoms with Crippen LogP contribution in [-0.2, 0) is 19.5 Å². The maximum atomic E-state index is 12.5. The summed E-state index contributed by atoms with van der Waals surface area (Å²) in [5.41, 5.74) is 2.03. The first-order chi connectivity index (χ1) is 13.9. The number of aromatic nitrogens is 2. The Hall–Kier alpha value is -3.23. The van der Waals surface area contributed by atoms with Crippen molar-refractivity contribution in [2.45, 2.75) is 19.5 Å². The molecule has 0 bridgehead atoms. The molecule has 3 aromatic rings. The quantitative estimate of drug-likeness (QED) is 0.502. The number of halogens is 1. The molecular weight excluding hydrogens is 396 g/mol. The molecule has 0 unspecified atom stereocenters. The highest BCUT2D eigenvalue weighted by atomic mass is 35.5. The second-order valence-electron chi connectivity index (χ2n) is 6.85. The Bertz CT molecular complexity index is 1140. The summed E-state index contributed by atoms with van der Waals surface area (Å²) >= 11 is 5.92. The van der Waals surface area contributed by atoms with E-state index in [1.807, 2.05) is 4.90 Å². The third-order valence-corrected chi connectivity index (χ3v) is 5.21. The van der Waals surface area contributed by atoms with Crippen molar-refractivity contribution in [3.8, 4) is 17.1 Å². The molecule has 0 atom stereocenters. The number of nitro benzene ring substituents is 1. The van der Waals surface area contributed by atoms with Crippen molar-refractivity contribution in [3.05, 3.63) is 84.8 Å². The molecule has 1 aliphatic rings. The number of hydrogen-bond donors (Lipinski definition) is 2. The Kier molecular flexibility index (Phi) is 5.04. The fraction of sp³-hybridized carbons (Fsp3) is 0.200. The van der Waals surface area contributed by atoms with Crippen LogP contribution in [0.5, 0.6) is 5.75 Å². The van der Waals surface area contributed by atoms with E-state index in [4.69, 9.17) is 11.6 Å². The number of rotatable bonds is 4. The van der Waals surface area contributed by atoms with Crippen LogP contribution in [0.3, 0.4) is 0 Å². The number of H-pyrrole nitrogens is 1. The second kappa shape index (κ2) is 7.65. The molecule has 0 spiro atoms. The topological polar surface area (TPSA) is 112 Å². The molecule has 0 radical (unpaired) electrons. The van der Waals surface area contributed by atoms with Crippen molar-refractivity contribution < 1.29 is 10.0 Å². The summed E-state index contributed by atoms with van der Waals surface area (Å²) in [6.45, 7) is 1.31. The zero-order valence-electron chi connectivity index (χ0n) is 15.3. The van der Waals surface area contributed by atoms with Gasteiger partial charge in [0.1, 0.15) is 5.82 Å². The number of nitrogens with one attached hydrogen (secondary N) is 1.